The Bertz CT molecular complexity index is 979. The highest BCUT2D eigenvalue weighted by molar-refractivity contribution is 7.98. The average molecular weight is 425 g/mol. The lowest BCUT2D eigenvalue weighted by Crippen LogP contribution is -2.30. The van der Waals surface area contributed by atoms with Gasteiger partial charge in [-0.25, -0.2) is 4.98 Å². The van der Waals surface area contributed by atoms with Gasteiger partial charge in [0.2, 0.25) is 0 Å². The van der Waals surface area contributed by atoms with Gasteiger partial charge in [-0.2, -0.15) is 0 Å². The molecule has 0 bridgehead atoms. The maximum Gasteiger partial charge on any atom is 0.258 e. The van der Waals surface area contributed by atoms with Crippen molar-refractivity contribution >= 4 is 29.0 Å². The molecule has 1 amide bonds. The number of hydrogen-bond acceptors (Lipinski definition) is 6. The van der Waals surface area contributed by atoms with Gasteiger partial charge in [0.05, 0.1) is 11.3 Å². The molecule has 0 aliphatic heterocycles. The topological polar surface area (TPSA) is 71.3 Å². The number of nitrogens with zero attached hydrogens (tertiary/aromatic N) is 3. The maximum atomic E-state index is 12.9. The first-order valence-electron chi connectivity index (χ1n) is 10.1. The third-order valence-electron chi connectivity index (χ3n) is 4.97. The molecule has 0 aliphatic rings. The van der Waals surface area contributed by atoms with E-state index in [1.165, 1.54) is 11.8 Å². The summed E-state index contributed by atoms with van der Waals surface area (Å²) < 4.78 is 5.22. The molecule has 0 unspecified atom stereocenters. The highest BCUT2D eigenvalue weighted by atomic mass is 32.2. The highest BCUT2D eigenvalue weighted by Crippen LogP contribution is 2.28. The van der Waals surface area contributed by atoms with Gasteiger partial charge in [0.25, 0.3) is 5.91 Å². The van der Waals surface area contributed by atoms with E-state index in [0.29, 0.717) is 22.4 Å². The van der Waals surface area contributed by atoms with Crippen LogP contribution in [0.15, 0.2) is 52.1 Å². The Labute approximate surface area is 182 Å². The minimum Gasteiger partial charge on any atom is -0.369 e. The van der Waals surface area contributed by atoms with Crippen molar-refractivity contribution in [3.05, 3.63) is 65.2 Å². The van der Waals surface area contributed by atoms with Gasteiger partial charge in [0.15, 0.2) is 0 Å². The van der Waals surface area contributed by atoms with Gasteiger partial charge in [-0.3, -0.25) is 4.79 Å². The van der Waals surface area contributed by atoms with Crippen LogP contribution in [-0.4, -0.2) is 28.6 Å². The number of aromatic nitrogens is 2. The van der Waals surface area contributed by atoms with Crippen LogP contribution in [-0.2, 0) is 5.75 Å². The molecule has 0 saturated heterocycles. The van der Waals surface area contributed by atoms with E-state index in [0.717, 1.165) is 34.9 Å². The fraction of sp³-hybridized carbons (Fsp3) is 0.348. The molecule has 0 spiro atoms. The fourth-order valence-corrected chi connectivity index (χ4v) is 4.45. The highest BCUT2D eigenvalue weighted by Gasteiger charge is 2.16. The molecular formula is C23H28N4O2S. The second-order valence-corrected chi connectivity index (χ2v) is 8.29. The first-order chi connectivity index (χ1) is 14.4. The summed E-state index contributed by atoms with van der Waals surface area (Å²) in [6.45, 7) is 11.2. The van der Waals surface area contributed by atoms with Crippen LogP contribution < -0.4 is 10.2 Å². The largest absolute Gasteiger partial charge is 0.369 e. The van der Waals surface area contributed by atoms with Crippen molar-refractivity contribution in [2.45, 2.75) is 51.4 Å². The molecule has 6 nitrogen and oxygen atoms in total. The van der Waals surface area contributed by atoms with Crippen molar-refractivity contribution in [1.82, 2.24) is 10.1 Å². The summed E-state index contributed by atoms with van der Waals surface area (Å²) in [5.41, 5.74) is 4.36. The van der Waals surface area contributed by atoms with Gasteiger partial charge in [-0.05, 0) is 71.0 Å². The minimum absolute atomic E-state index is 0.173. The summed E-state index contributed by atoms with van der Waals surface area (Å²) in [5, 5.41) is 7.66. The Morgan fingerprint density at radius 1 is 1.20 bits per heavy atom. The Hall–Kier alpha value is -2.80. The number of amides is 1. The Balaban J connectivity index is 1.71. The van der Waals surface area contributed by atoms with Crippen LogP contribution in [0.4, 0.5) is 11.4 Å². The normalized spacial score (nSPS) is 11.0. The number of carbonyl (C=O) groups excluding carboxylic acids is 1. The predicted octanol–water partition coefficient (Wildman–Crippen LogP) is 5.47. The van der Waals surface area contributed by atoms with Crippen LogP contribution in [0.3, 0.4) is 0 Å². The summed E-state index contributed by atoms with van der Waals surface area (Å²) in [4.78, 5) is 19.6. The summed E-state index contributed by atoms with van der Waals surface area (Å²) >= 11 is 1.51. The maximum absolute atomic E-state index is 12.9. The van der Waals surface area contributed by atoms with Crippen LogP contribution in [0.5, 0.6) is 0 Å². The van der Waals surface area contributed by atoms with Gasteiger partial charge in [-0.1, -0.05) is 5.16 Å². The number of benzene rings is 1. The number of thioether (sulfide) groups is 1. The van der Waals surface area contributed by atoms with Crippen molar-refractivity contribution in [2.75, 3.05) is 16.8 Å². The van der Waals surface area contributed by atoms with Crippen LogP contribution in [0.2, 0.25) is 0 Å². The van der Waals surface area contributed by atoms with Crippen molar-refractivity contribution < 1.29 is 9.32 Å². The molecule has 0 aliphatic carbocycles. The lowest BCUT2D eigenvalue weighted by atomic mass is 10.2. The molecule has 2 heterocycles. The molecule has 1 aromatic carbocycles. The second-order valence-electron chi connectivity index (χ2n) is 7.33. The van der Waals surface area contributed by atoms with Gasteiger partial charge in [0, 0.05) is 41.5 Å². The number of aryl methyl sites for hydroxylation is 2. The predicted molar refractivity (Wildman–Crippen MR) is 122 cm³/mol. The number of nitrogens with one attached hydrogen (secondary N) is 1. The molecule has 158 valence electrons. The quantitative estimate of drug-likeness (QED) is 0.484. The van der Waals surface area contributed by atoms with Crippen molar-refractivity contribution in [1.29, 1.82) is 0 Å². The first-order valence-corrected chi connectivity index (χ1v) is 11.1. The third kappa shape index (κ3) is 5.02. The zero-order chi connectivity index (χ0) is 21.7. The van der Waals surface area contributed by atoms with Crippen LogP contribution in [0.1, 0.15) is 48.1 Å². The Morgan fingerprint density at radius 3 is 2.53 bits per heavy atom. The lowest BCUT2D eigenvalue weighted by molar-refractivity contribution is 0.102. The monoisotopic (exact) mass is 424 g/mol. The molecule has 0 radical (unpaired) electrons. The van der Waals surface area contributed by atoms with E-state index >= 15 is 0 Å². The summed E-state index contributed by atoms with van der Waals surface area (Å²) in [5.74, 6) is 1.27. The third-order valence-corrected chi connectivity index (χ3v) is 6.00. The smallest absolute Gasteiger partial charge is 0.258 e. The van der Waals surface area contributed by atoms with Crippen molar-refractivity contribution in [3.8, 4) is 0 Å². The standard InChI is InChI=1S/C23H28N4O2S/c1-6-27(15(2)3)19-11-9-18(10-12-19)25-22(28)20-8-7-13-24-23(20)30-14-21-16(4)26-29-17(21)5/h7-13,15H,6,14H2,1-5H3,(H,25,28). The number of hydrogen-bond donors (Lipinski definition) is 1. The van der Waals surface area contributed by atoms with E-state index in [2.05, 4.69) is 41.1 Å². The van der Waals surface area contributed by atoms with Crippen LogP contribution >= 0.6 is 11.8 Å². The van der Waals surface area contributed by atoms with Gasteiger partial charge in [0.1, 0.15) is 10.8 Å². The fourth-order valence-electron chi connectivity index (χ4n) is 3.31. The van der Waals surface area contributed by atoms with Crippen molar-refractivity contribution in [2.24, 2.45) is 0 Å². The number of carbonyl (C=O) groups is 1. The van der Waals surface area contributed by atoms with E-state index in [-0.39, 0.29) is 5.91 Å². The number of anilines is 2. The second kappa shape index (κ2) is 9.80. The van der Waals surface area contributed by atoms with E-state index in [9.17, 15) is 4.79 Å². The molecule has 1 N–H and O–H groups in total. The average Bonchev–Trinajstić information content (AvgIpc) is 3.05. The molecule has 3 rings (SSSR count). The minimum atomic E-state index is -0.173. The summed E-state index contributed by atoms with van der Waals surface area (Å²) in [6.07, 6.45) is 1.70. The first kappa shape index (κ1) is 21.9. The molecule has 0 saturated carbocycles. The Kier molecular flexibility index (Phi) is 7.15. The lowest BCUT2D eigenvalue weighted by Gasteiger charge is -2.27. The van der Waals surface area contributed by atoms with E-state index in [1.54, 1.807) is 18.3 Å². The van der Waals surface area contributed by atoms with Crippen molar-refractivity contribution in [3.63, 3.8) is 0 Å². The summed E-state index contributed by atoms with van der Waals surface area (Å²) in [6, 6.07) is 11.9. The van der Waals surface area contributed by atoms with Crippen LogP contribution in [0.25, 0.3) is 0 Å². The van der Waals surface area contributed by atoms with E-state index in [1.807, 2.05) is 38.1 Å². The molecule has 0 fully saturated rings. The molecule has 0 atom stereocenters. The Morgan fingerprint density at radius 2 is 1.93 bits per heavy atom. The zero-order valence-corrected chi connectivity index (χ0v) is 18.9. The van der Waals surface area contributed by atoms with Crippen LogP contribution in [0, 0.1) is 13.8 Å². The molecule has 7 heteroatoms. The zero-order valence-electron chi connectivity index (χ0n) is 18.1. The molecular weight excluding hydrogens is 396 g/mol. The number of pyridine rings is 1. The number of rotatable bonds is 8. The SMILES string of the molecule is CCN(c1ccc(NC(=O)c2cccnc2SCc2c(C)noc2C)cc1)C(C)C. The molecule has 30 heavy (non-hydrogen) atoms. The summed E-state index contributed by atoms with van der Waals surface area (Å²) in [7, 11) is 0. The van der Waals surface area contributed by atoms with Gasteiger partial charge >= 0.3 is 0 Å². The van der Waals surface area contributed by atoms with E-state index < -0.39 is 0 Å². The molecule has 2 aromatic heterocycles. The van der Waals surface area contributed by atoms with Gasteiger partial charge < -0.3 is 14.7 Å². The van der Waals surface area contributed by atoms with E-state index in [4.69, 9.17) is 4.52 Å². The molecule has 3 aromatic rings. The van der Waals surface area contributed by atoms with Gasteiger partial charge in [-0.15, -0.1) is 11.8 Å².